The molecule has 0 aromatic heterocycles. The first-order valence-electron chi connectivity index (χ1n) is 8.49. The van der Waals surface area contributed by atoms with Crippen LogP contribution in [-0.4, -0.2) is 35.6 Å². The van der Waals surface area contributed by atoms with Crippen LogP contribution < -0.4 is 5.32 Å². The smallest absolute Gasteiger partial charge is 0.0281 e. The van der Waals surface area contributed by atoms with Gasteiger partial charge in [-0.15, -0.1) is 0 Å². The summed E-state index contributed by atoms with van der Waals surface area (Å²) >= 11 is 0. The fourth-order valence-corrected chi connectivity index (χ4v) is 3.98. The molecule has 0 radical (unpaired) electrons. The highest BCUT2D eigenvalue weighted by atomic mass is 15.3. The Morgan fingerprint density at radius 1 is 1.11 bits per heavy atom. The molecule has 0 amide bonds. The topological polar surface area (TPSA) is 15.3 Å². The third kappa shape index (κ3) is 4.19. The molecule has 2 rings (SSSR count). The fraction of sp³-hybridized carbons (Fsp3) is 1.00. The summed E-state index contributed by atoms with van der Waals surface area (Å²) in [6.45, 7) is 12.0. The summed E-state index contributed by atoms with van der Waals surface area (Å²) in [6.07, 6.45) is 9.98. The molecule has 0 bridgehead atoms. The van der Waals surface area contributed by atoms with Crippen molar-refractivity contribution < 1.29 is 0 Å². The monoisotopic (exact) mass is 266 g/mol. The van der Waals surface area contributed by atoms with E-state index in [2.05, 4.69) is 37.9 Å². The van der Waals surface area contributed by atoms with Crippen molar-refractivity contribution in [3.63, 3.8) is 0 Å². The Morgan fingerprint density at radius 2 is 1.74 bits per heavy atom. The lowest BCUT2D eigenvalue weighted by Crippen LogP contribution is -2.64. The maximum atomic E-state index is 3.78. The zero-order chi connectivity index (χ0) is 13.9. The number of nitrogens with zero attached hydrogens (tertiary/aromatic N) is 1. The number of piperazine rings is 1. The highest BCUT2D eigenvalue weighted by Crippen LogP contribution is 2.30. The third-order valence-electron chi connectivity index (χ3n) is 5.04. The van der Waals surface area contributed by atoms with Gasteiger partial charge in [-0.25, -0.2) is 0 Å². The van der Waals surface area contributed by atoms with Crippen LogP contribution in [0, 0.1) is 5.92 Å². The van der Waals surface area contributed by atoms with Crippen molar-refractivity contribution in [3.05, 3.63) is 0 Å². The van der Waals surface area contributed by atoms with E-state index in [-0.39, 0.29) is 0 Å². The minimum absolute atomic E-state index is 0.336. The third-order valence-corrected chi connectivity index (χ3v) is 5.04. The van der Waals surface area contributed by atoms with E-state index in [0.717, 1.165) is 18.5 Å². The summed E-state index contributed by atoms with van der Waals surface area (Å²) in [5.41, 5.74) is 0.336. The molecule has 1 saturated heterocycles. The zero-order valence-electron chi connectivity index (χ0n) is 13.5. The maximum absolute atomic E-state index is 3.78. The second-order valence-electron chi connectivity index (χ2n) is 7.82. The second-order valence-corrected chi connectivity index (χ2v) is 7.82. The molecule has 2 nitrogen and oxygen atoms in total. The van der Waals surface area contributed by atoms with Crippen molar-refractivity contribution in [1.29, 1.82) is 0 Å². The van der Waals surface area contributed by atoms with Gasteiger partial charge in [-0.1, -0.05) is 39.5 Å². The van der Waals surface area contributed by atoms with Crippen molar-refractivity contribution in [2.45, 2.75) is 90.3 Å². The summed E-state index contributed by atoms with van der Waals surface area (Å²) < 4.78 is 0. The van der Waals surface area contributed by atoms with Crippen LogP contribution in [0.4, 0.5) is 0 Å². The molecule has 1 atom stereocenters. The number of nitrogens with one attached hydrogen (secondary N) is 1. The van der Waals surface area contributed by atoms with Gasteiger partial charge < -0.3 is 5.32 Å². The molecular weight excluding hydrogens is 232 g/mol. The van der Waals surface area contributed by atoms with Gasteiger partial charge >= 0.3 is 0 Å². The minimum atomic E-state index is 0.336. The molecule has 2 fully saturated rings. The van der Waals surface area contributed by atoms with Crippen molar-refractivity contribution in [2.75, 3.05) is 13.1 Å². The molecule has 0 aromatic rings. The van der Waals surface area contributed by atoms with Crippen LogP contribution in [0.2, 0.25) is 0 Å². The van der Waals surface area contributed by atoms with Gasteiger partial charge in [0.15, 0.2) is 0 Å². The Kier molecular flexibility index (Phi) is 5.30. The summed E-state index contributed by atoms with van der Waals surface area (Å²) in [4.78, 5) is 2.85. The molecule has 1 aliphatic heterocycles. The lowest BCUT2D eigenvalue weighted by atomic mass is 9.90. The Morgan fingerprint density at radius 3 is 2.32 bits per heavy atom. The maximum Gasteiger partial charge on any atom is 0.0281 e. The Hall–Kier alpha value is -0.0800. The van der Waals surface area contributed by atoms with Crippen molar-refractivity contribution in [1.82, 2.24) is 10.2 Å². The van der Waals surface area contributed by atoms with E-state index in [1.165, 1.54) is 51.5 Å². The molecule has 1 aliphatic carbocycles. The summed E-state index contributed by atoms with van der Waals surface area (Å²) in [5, 5.41) is 3.78. The van der Waals surface area contributed by atoms with E-state index in [1.807, 2.05) is 0 Å². The highest BCUT2D eigenvalue weighted by Gasteiger charge is 2.37. The molecule has 19 heavy (non-hydrogen) atoms. The molecular formula is C17H34N2. The molecule has 112 valence electrons. The Balaban J connectivity index is 2.00. The lowest BCUT2D eigenvalue weighted by molar-refractivity contribution is 0.0152. The van der Waals surface area contributed by atoms with Gasteiger partial charge in [-0.3, -0.25) is 4.90 Å². The van der Waals surface area contributed by atoms with Crippen LogP contribution in [-0.2, 0) is 0 Å². The second kappa shape index (κ2) is 6.58. The van der Waals surface area contributed by atoms with Gasteiger partial charge in [0, 0.05) is 30.7 Å². The standard InChI is InChI=1S/C17H34N2/c1-14(2)11-15-12-19(17(3,4)13-18-15)16-9-7-5-6-8-10-16/h14-16,18H,5-13H2,1-4H3. The minimum Gasteiger partial charge on any atom is -0.311 e. The first-order valence-corrected chi connectivity index (χ1v) is 8.49. The molecule has 0 aromatic carbocycles. The largest absolute Gasteiger partial charge is 0.311 e. The molecule has 1 N–H and O–H groups in total. The van der Waals surface area contributed by atoms with Crippen LogP contribution in [0.1, 0.15) is 72.6 Å². The van der Waals surface area contributed by atoms with Gasteiger partial charge in [-0.05, 0) is 39.0 Å². The number of hydrogen-bond acceptors (Lipinski definition) is 2. The molecule has 1 heterocycles. The fourth-order valence-electron chi connectivity index (χ4n) is 3.98. The van der Waals surface area contributed by atoms with E-state index in [4.69, 9.17) is 0 Å². The zero-order valence-corrected chi connectivity index (χ0v) is 13.5. The van der Waals surface area contributed by atoms with E-state index < -0.39 is 0 Å². The van der Waals surface area contributed by atoms with Crippen LogP contribution in [0.15, 0.2) is 0 Å². The molecule has 1 saturated carbocycles. The molecule has 2 aliphatic rings. The SMILES string of the molecule is CC(C)CC1CN(C2CCCCCC2)C(C)(C)CN1. The first kappa shape index (κ1) is 15.3. The van der Waals surface area contributed by atoms with Crippen LogP contribution in [0.3, 0.4) is 0 Å². The van der Waals surface area contributed by atoms with E-state index in [9.17, 15) is 0 Å². The van der Waals surface area contributed by atoms with Gasteiger partial charge in [0.05, 0.1) is 0 Å². The molecule has 1 unspecified atom stereocenters. The quantitative estimate of drug-likeness (QED) is 0.782. The summed E-state index contributed by atoms with van der Waals surface area (Å²) in [7, 11) is 0. The van der Waals surface area contributed by atoms with E-state index in [0.29, 0.717) is 11.6 Å². The Bertz CT molecular complexity index is 264. The normalized spacial score (nSPS) is 30.5. The van der Waals surface area contributed by atoms with Gasteiger partial charge in [-0.2, -0.15) is 0 Å². The van der Waals surface area contributed by atoms with Crippen LogP contribution >= 0.6 is 0 Å². The van der Waals surface area contributed by atoms with Gasteiger partial charge in [0.2, 0.25) is 0 Å². The highest BCUT2D eigenvalue weighted by molar-refractivity contribution is 4.96. The number of hydrogen-bond donors (Lipinski definition) is 1. The average molecular weight is 266 g/mol. The molecule has 2 heteroatoms. The summed E-state index contributed by atoms with van der Waals surface area (Å²) in [6, 6.07) is 1.55. The number of rotatable bonds is 3. The van der Waals surface area contributed by atoms with Crippen molar-refractivity contribution in [3.8, 4) is 0 Å². The van der Waals surface area contributed by atoms with E-state index >= 15 is 0 Å². The molecule has 0 spiro atoms. The van der Waals surface area contributed by atoms with E-state index in [1.54, 1.807) is 0 Å². The van der Waals surface area contributed by atoms with Gasteiger partial charge in [0.25, 0.3) is 0 Å². The summed E-state index contributed by atoms with van der Waals surface area (Å²) in [5.74, 6) is 0.801. The van der Waals surface area contributed by atoms with Gasteiger partial charge in [0.1, 0.15) is 0 Å². The Labute approximate surface area is 120 Å². The van der Waals surface area contributed by atoms with Crippen molar-refractivity contribution in [2.24, 2.45) is 5.92 Å². The predicted molar refractivity (Wildman–Crippen MR) is 83.5 cm³/mol. The van der Waals surface area contributed by atoms with Crippen LogP contribution in [0.25, 0.3) is 0 Å². The van der Waals surface area contributed by atoms with Crippen molar-refractivity contribution >= 4 is 0 Å². The average Bonchev–Trinajstić information content (AvgIpc) is 2.59. The first-order chi connectivity index (χ1) is 8.99. The van der Waals surface area contributed by atoms with Crippen LogP contribution in [0.5, 0.6) is 0 Å². The lowest BCUT2D eigenvalue weighted by Gasteiger charge is -2.50. The predicted octanol–water partition coefficient (Wildman–Crippen LogP) is 3.81.